The lowest BCUT2D eigenvalue weighted by molar-refractivity contribution is -0.121. The first kappa shape index (κ1) is 20.2. The molecule has 2 atom stereocenters. The average Bonchev–Trinajstić information content (AvgIpc) is 2.60. The third kappa shape index (κ3) is 6.02. The average molecular weight is 394 g/mol. The van der Waals surface area contributed by atoms with Gasteiger partial charge in [0.25, 0.3) is 0 Å². The van der Waals surface area contributed by atoms with Crippen LogP contribution in [0.4, 0.5) is 4.79 Å². The number of amides is 3. The summed E-state index contributed by atoms with van der Waals surface area (Å²) in [6, 6.07) is 13.3. The SMILES string of the molecule is CC(NC(C)c1ccc(Cl)cc1Cl)C(=O)NC(=O)NCc1ccccc1. The van der Waals surface area contributed by atoms with Crippen LogP contribution in [0.1, 0.15) is 31.0 Å². The Bertz CT molecular complexity index is 769. The zero-order valence-electron chi connectivity index (χ0n) is 14.6. The highest BCUT2D eigenvalue weighted by Crippen LogP contribution is 2.26. The quantitative estimate of drug-likeness (QED) is 0.692. The van der Waals surface area contributed by atoms with Crippen molar-refractivity contribution < 1.29 is 9.59 Å². The number of benzene rings is 2. The number of rotatable bonds is 6. The van der Waals surface area contributed by atoms with E-state index in [0.29, 0.717) is 16.6 Å². The first-order chi connectivity index (χ1) is 12.4. The Morgan fingerprint density at radius 3 is 2.38 bits per heavy atom. The molecule has 2 aromatic rings. The minimum absolute atomic E-state index is 0.187. The third-order valence-corrected chi connectivity index (χ3v) is 4.42. The third-order valence-electron chi connectivity index (χ3n) is 3.85. The predicted molar refractivity (Wildman–Crippen MR) is 104 cm³/mol. The van der Waals surface area contributed by atoms with Gasteiger partial charge in [0.15, 0.2) is 0 Å². The van der Waals surface area contributed by atoms with Gasteiger partial charge in [-0.15, -0.1) is 0 Å². The van der Waals surface area contributed by atoms with Crippen molar-refractivity contribution in [1.82, 2.24) is 16.0 Å². The van der Waals surface area contributed by atoms with Gasteiger partial charge in [-0.1, -0.05) is 59.6 Å². The maximum Gasteiger partial charge on any atom is 0.321 e. The van der Waals surface area contributed by atoms with E-state index in [0.717, 1.165) is 11.1 Å². The summed E-state index contributed by atoms with van der Waals surface area (Å²) in [5, 5.41) is 9.16. The molecule has 0 radical (unpaired) electrons. The molecule has 138 valence electrons. The number of imide groups is 1. The van der Waals surface area contributed by atoms with Crippen LogP contribution in [0.25, 0.3) is 0 Å². The molecule has 2 unspecified atom stereocenters. The van der Waals surface area contributed by atoms with Gasteiger partial charge in [-0.05, 0) is 37.1 Å². The molecule has 3 N–H and O–H groups in total. The summed E-state index contributed by atoms with van der Waals surface area (Å²) in [5.41, 5.74) is 1.77. The highest BCUT2D eigenvalue weighted by molar-refractivity contribution is 6.35. The van der Waals surface area contributed by atoms with Crippen molar-refractivity contribution in [2.75, 3.05) is 0 Å². The molecule has 0 aliphatic rings. The summed E-state index contributed by atoms with van der Waals surface area (Å²) < 4.78 is 0. The summed E-state index contributed by atoms with van der Waals surface area (Å²) in [6.07, 6.45) is 0. The summed E-state index contributed by atoms with van der Waals surface area (Å²) in [5.74, 6) is -0.424. The van der Waals surface area contributed by atoms with Crippen LogP contribution in [0.3, 0.4) is 0 Å². The second kappa shape index (κ2) is 9.57. The van der Waals surface area contributed by atoms with Crippen LogP contribution in [0.15, 0.2) is 48.5 Å². The van der Waals surface area contributed by atoms with Gasteiger partial charge >= 0.3 is 6.03 Å². The Hall–Kier alpha value is -2.08. The zero-order valence-corrected chi connectivity index (χ0v) is 16.1. The Morgan fingerprint density at radius 1 is 1.04 bits per heavy atom. The first-order valence-corrected chi connectivity index (χ1v) is 8.96. The lowest BCUT2D eigenvalue weighted by Gasteiger charge is -2.20. The molecule has 0 saturated heterocycles. The molecule has 0 aliphatic heterocycles. The lowest BCUT2D eigenvalue weighted by Crippen LogP contribution is -2.48. The van der Waals surface area contributed by atoms with E-state index in [2.05, 4.69) is 16.0 Å². The highest BCUT2D eigenvalue weighted by atomic mass is 35.5. The van der Waals surface area contributed by atoms with Gasteiger partial charge in [0.2, 0.25) is 5.91 Å². The number of urea groups is 1. The summed E-state index contributed by atoms with van der Waals surface area (Å²) in [7, 11) is 0. The Morgan fingerprint density at radius 2 is 1.73 bits per heavy atom. The molecule has 7 heteroatoms. The molecular formula is C19H21Cl2N3O2. The normalized spacial score (nSPS) is 12.9. The minimum atomic E-state index is -0.584. The zero-order chi connectivity index (χ0) is 19.1. The number of hydrogen-bond acceptors (Lipinski definition) is 3. The Labute approximate surface area is 163 Å². The van der Waals surface area contributed by atoms with E-state index in [1.165, 1.54) is 0 Å². The van der Waals surface area contributed by atoms with E-state index in [1.54, 1.807) is 25.1 Å². The van der Waals surface area contributed by atoms with Crippen molar-refractivity contribution in [2.24, 2.45) is 0 Å². The van der Waals surface area contributed by atoms with Crippen molar-refractivity contribution in [1.29, 1.82) is 0 Å². The molecule has 0 bridgehead atoms. The number of hydrogen-bond donors (Lipinski definition) is 3. The predicted octanol–water partition coefficient (Wildman–Crippen LogP) is 4.06. The van der Waals surface area contributed by atoms with Crippen molar-refractivity contribution in [3.63, 3.8) is 0 Å². The van der Waals surface area contributed by atoms with Gasteiger partial charge in [0.1, 0.15) is 0 Å². The molecular weight excluding hydrogens is 373 g/mol. The van der Waals surface area contributed by atoms with Gasteiger partial charge in [-0.3, -0.25) is 15.4 Å². The van der Waals surface area contributed by atoms with Crippen LogP contribution >= 0.6 is 23.2 Å². The number of carbonyl (C=O) groups is 2. The molecule has 0 fully saturated rings. The number of halogens is 2. The van der Waals surface area contributed by atoms with Gasteiger partial charge in [-0.25, -0.2) is 4.79 Å². The standard InChI is InChI=1S/C19H21Cl2N3O2/c1-12(16-9-8-15(20)10-17(16)21)23-13(2)18(25)24-19(26)22-11-14-6-4-3-5-7-14/h3-10,12-13,23H,11H2,1-2H3,(H2,22,24,25,26). The molecule has 2 aromatic carbocycles. The van der Waals surface area contributed by atoms with Crippen LogP contribution in [-0.2, 0) is 11.3 Å². The van der Waals surface area contributed by atoms with Crippen molar-refractivity contribution in [3.05, 3.63) is 69.7 Å². The molecule has 0 aliphatic carbocycles. The molecule has 0 aromatic heterocycles. The van der Waals surface area contributed by atoms with Gasteiger partial charge in [-0.2, -0.15) is 0 Å². The largest absolute Gasteiger partial charge is 0.334 e. The maximum atomic E-state index is 12.2. The molecule has 26 heavy (non-hydrogen) atoms. The fourth-order valence-corrected chi connectivity index (χ4v) is 3.01. The maximum absolute atomic E-state index is 12.2. The highest BCUT2D eigenvalue weighted by Gasteiger charge is 2.19. The van der Waals surface area contributed by atoms with Crippen LogP contribution in [-0.4, -0.2) is 18.0 Å². The second-order valence-electron chi connectivity index (χ2n) is 5.93. The van der Waals surface area contributed by atoms with E-state index in [4.69, 9.17) is 23.2 Å². The fourth-order valence-electron chi connectivity index (χ4n) is 2.44. The minimum Gasteiger partial charge on any atom is -0.334 e. The van der Waals surface area contributed by atoms with E-state index in [1.807, 2.05) is 37.3 Å². The van der Waals surface area contributed by atoms with Crippen molar-refractivity contribution in [3.8, 4) is 0 Å². The van der Waals surface area contributed by atoms with E-state index in [-0.39, 0.29) is 6.04 Å². The van der Waals surface area contributed by atoms with Crippen LogP contribution in [0, 0.1) is 0 Å². The summed E-state index contributed by atoms with van der Waals surface area (Å²) >= 11 is 12.1. The molecule has 5 nitrogen and oxygen atoms in total. The molecule has 0 heterocycles. The summed E-state index contributed by atoms with van der Waals surface area (Å²) in [6.45, 7) is 3.91. The Balaban J connectivity index is 1.83. The first-order valence-electron chi connectivity index (χ1n) is 8.20. The molecule has 2 rings (SSSR count). The van der Waals surface area contributed by atoms with Crippen LogP contribution in [0.2, 0.25) is 10.0 Å². The smallest absolute Gasteiger partial charge is 0.321 e. The van der Waals surface area contributed by atoms with E-state index >= 15 is 0 Å². The monoisotopic (exact) mass is 393 g/mol. The summed E-state index contributed by atoms with van der Waals surface area (Å²) in [4.78, 5) is 24.1. The fraction of sp³-hybridized carbons (Fsp3) is 0.263. The van der Waals surface area contributed by atoms with E-state index in [9.17, 15) is 9.59 Å². The Kier molecular flexibility index (Phi) is 7.45. The van der Waals surface area contributed by atoms with E-state index < -0.39 is 18.0 Å². The number of nitrogens with one attached hydrogen (secondary N) is 3. The van der Waals surface area contributed by atoms with Gasteiger partial charge in [0.05, 0.1) is 6.04 Å². The van der Waals surface area contributed by atoms with Crippen LogP contribution in [0.5, 0.6) is 0 Å². The van der Waals surface area contributed by atoms with Crippen LogP contribution < -0.4 is 16.0 Å². The van der Waals surface area contributed by atoms with Gasteiger partial charge in [0, 0.05) is 22.6 Å². The lowest BCUT2D eigenvalue weighted by atomic mass is 10.1. The second-order valence-corrected chi connectivity index (χ2v) is 6.78. The van der Waals surface area contributed by atoms with Crippen molar-refractivity contribution in [2.45, 2.75) is 32.5 Å². The number of carbonyl (C=O) groups excluding carboxylic acids is 2. The van der Waals surface area contributed by atoms with Gasteiger partial charge < -0.3 is 5.32 Å². The van der Waals surface area contributed by atoms with Crippen molar-refractivity contribution >= 4 is 35.1 Å². The topological polar surface area (TPSA) is 70.2 Å². The molecule has 0 spiro atoms. The molecule has 3 amide bonds. The molecule has 0 saturated carbocycles.